The summed E-state index contributed by atoms with van der Waals surface area (Å²) in [7, 11) is 0. The summed E-state index contributed by atoms with van der Waals surface area (Å²) in [5.41, 5.74) is 1.78. The van der Waals surface area contributed by atoms with E-state index in [4.69, 9.17) is 9.47 Å². The number of amides is 1. The Morgan fingerprint density at radius 3 is 2.61 bits per heavy atom. The van der Waals surface area contributed by atoms with Crippen LogP contribution in [0.4, 0.5) is 5.69 Å². The van der Waals surface area contributed by atoms with E-state index in [1.165, 1.54) is 6.08 Å². The fourth-order valence-corrected chi connectivity index (χ4v) is 2.43. The summed E-state index contributed by atoms with van der Waals surface area (Å²) in [4.78, 5) is 24.3. The zero-order valence-corrected chi connectivity index (χ0v) is 16.4. The third-order valence-electron chi connectivity index (χ3n) is 3.89. The lowest BCUT2D eigenvalue weighted by Gasteiger charge is -2.08. The van der Waals surface area contributed by atoms with Gasteiger partial charge >= 0.3 is 5.97 Å². The molecule has 5 nitrogen and oxygen atoms in total. The molecule has 0 aliphatic heterocycles. The van der Waals surface area contributed by atoms with Crippen LogP contribution in [0, 0.1) is 0 Å². The second kappa shape index (κ2) is 11.6. The van der Waals surface area contributed by atoms with Crippen molar-refractivity contribution in [2.45, 2.75) is 33.1 Å². The van der Waals surface area contributed by atoms with Crippen molar-refractivity contribution in [3.63, 3.8) is 0 Å². The minimum atomic E-state index is -0.387. The molecule has 1 N–H and O–H groups in total. The Morgan fingerprint density at radius 2 is 1.82 bits per heavy atom. The van der Waals surface area contributed by atoms with Crippen LogP contribution in [0.5, 0.6) is 5.75 Å². The molecule has 0 aliphatic carbocycles. The maximum absolute atomic E-state index is 12.2. The molecular weight excluding hydrogens is 354 g/mol. The first-order valence-corrected chi connectivity index (χ1v) is 9.62. The monoisotopic (exact) mass is 381 g/mol. The number of unbranched alkanes of at least 4 members (excludes halogenated alkanes) is 1. The van der Waals surface area contributed by atoms with Gasteiger partial charge in [0.2, 0.25) is 5.91 Å². The lowest BCUT2D eigenvalue weighted by atomic mass is 10.2. The van der Waals surface area contributed by atoms with Crippen LogP contribution in [0.3, 0.4) is 0 Å². The summed E-state index contributed by atoms with van der Waals surface area (Å²) in [6.07, 6.45) is 5.86. The predicted octanol–water partition coefficient (Wildman–Crippen LogP) is 5.08. The molecule has 0 atom stereocenters. The molecule has 0 saturated carbocycles. The van der Waals surface area contributed by atoms with Crippen LogP contribution in [0.15, 0.2) is 54.6 Å². The molecule has 148 valence electrons. The van der Waals surface area contributed by atoms with Crippen molar-refractivity contribution in [1.29, 1.82) is 0 Å². The predicted molar refractivity (Wildman–Crippen MR) is 112 cm³/mol. The van der Waals surface area contributed by atoms with Crippen molar-refractivity contribution in [2.24, 2.45) is 0 Å². The number of ether oxygens (including phenoxy) is 2. The van der Waals surface area contributed by atoms with Crippen molar-refractivity contribution < 1.29 is 19.1 Å². The second-order valence-corrected chi connectivity index (χ2v) is 6.28. The van der Waals surface area contributed by atoms with E-state index in [2.05, 4.69) is 5.32 Å². The first kappa shape index (κ1) is 21.2. The third kappa shape index (κ3) is 6.91. The van der Waals surface area contributed by atoms with Crippen LogP contribution in [-0.2, 0) is 9.53 Å². The van der Waals surface area contributed by atoms with Crippen LogP contribution >= 0.6 is 0 Å². The largest absolute Gasteiger partial charge is 0.493 e. The average Bonchev–Trinajstić information content (AvgIpc) is 2.71. The van der Waals surface area contributed by atoms with E-state index >= 15 is 0 Å². The summed E-state index contributed by atoms with van der Waals surface area (Å²) in [6.45, 7) is 5.10. The van der Waals surface area contributed by atoms with Gasteiger partial charge in [-0.3, -0.25) is 4.79 Å². The van der Waals surface area contributed by atoms with Gasteiger partial charge in [-0.05, 0) is 43.2 Å². The van der Waals surface area contributed by atoms with E-state index < -0.39 is 0 Å². The summed E-state index contributed by atoms with van der Waals surface area (Å²) in [5.74, 6) is 0.0640. The van der Waals surface area contributed by atoms with Gasteiger partial charge in [0.05, 0.1) is 18.8 Å². The Hall–Kier alpha value is -3.08. The molecule has 0 aromatic heterocycles. The molecule has 2 rings (SSSR count). The van der Waals surface area contributed by atoms with E-state index in [1.807, 2.05) is 38.1 Å². The molecule has 1 amide bonds. The molecule has 2 aromatic carbocycles. The second-order valence-electron chi connectivity index (χ2n) is 6.28. The summed E-state index contributed by atoms with van der Waals surface area (Å²) in [6, 6.07) is 14.3. The van der Waals surface area contributed by atoms with Crippen LogP contribution < -0.4 is 10.1 Å². The van der Waals surface area contributed by atoms with Crippen molar-refractivity contribution in [3.8, 4) is 5.75 Å². The highest BCUT2D eigenvalue weighted by Gasteiger charge is 2.08. The van der Waals surface area contributed by atoms with Crippen molar-refractivity contribution in [1.82, 2.24) is 0 Å². The summed E-state index contributed by atoms with van der Waals surface area (Å²) < 4.78 is 10.9. The van der Waals surface area contributed by atoms with Gasteiger partial charge in [-0.2, -0.15) is 0 Å². The summed E-state index contributed by atoms with van der Waals surface area (Å²) >= 11 is 0. The standard InChI is InChI=1S/C23H27NO4/c1-3-5-16-28-23(26)19-10-8-11-20(17-19)24-22(25)14-13-18-9-6-7-12-21(18)27-15-4-2/h6-14,17H,3-5,15-16H2,1-2H3,(H,24,25)/b14-13+. The highest BCUT2D eigenvalue weighted by Crippen LogP contribution is 2.20. The molecule has 0 heterocycles. The summed E-state index contributed by atoms with van der Waals surface area (Å²) in [5, 5.41) is 2.76. The van der Waals surface area contributed by atoms with Gasteiger partial charge in [-0.25, -0.2) is 4.79 Å². The van der Waals surface area contributed by atoms with Crippen molar-refractivity contribution in [2.75, 3.05) is 18.5 Å². The zero-order chi connectivity index (χ0) is 20.2. The van der Waals surface area contributed by atoms with E-state index in [-0.39, 0.29) is 11.9 Å². The van der Waals surface area contributed by atoms with E-state index in [1.54, 1.807) is 30.3 Å². The van der Waals surface area contributed by atoms with Crippen LogP contribution in [0.25, 0.3) is 6.08 Å². The fraction of sp³-hybridized carbons (Fsp3) is 0.304. The van der Waals surface area contributed by atoms with Crippen molar-refractivity contribution in [3.05, 3.63) is 65.7 Å². The molecule has 0 fully saturated rings. The smallest absolute Gasteiger partial charge is 0.338 e. The Balaban J connectivity index is 1.99. The molecule has 0 saturated heterocycles. The molecule has 0 unspecified atom stereocenters. The average molecular weight is 381 g/mol. The number of benzene rings is 2. The Bertz CT molecular complexity index is 814. The maximum Gasteiger partial charge on any atom is 0.338 e. The van der Waals surface area contributed by atoms with Gasteiger partial charge in [-0.15, -0.1) is 0 Å². The highest BCUT2D eigenvalue weighted by molar-refractivity contribution is 6.02. The van der Waals surface area contributed by atoms with Gasteiger partial charge in [-0.1, -0.05) is 44.5 Å². The minimum Gasteiger partial charge on any atom is -0.493 e. The topological polar surface area (TPSA) is 64.6 Å². The van der Waals surface area contributed by atoms with Crippen LogP contribution in [-0.4, -0.2) is 25.1 Å². The Kier molecular flexibility index (Phi) is 8.79. The zero-order valence-electron chi connectivity index (χ0n) is 16.4. The number of nitrogens with one attached hydrogen (secondary N) is 1. The SMILES string of the molecule is CCCCOC(=O)c1cccc(NC(=O)/C=C/c2ccccc2OCCC)c1. The molecule has 2 aromatic rings. The normalized spacial score (nSPS) is 10.6. The minimum absolute atomic E-state index is 0.290. The number of hydrogen-bond acceptors (Lipinski definition) is 4. The van der Waals surface area contributed by atoms with Crippen LogP contribution in [0.1, 0.15) is 49.0 Å². The number of hydrogen-bond donors (Lipinski definition) is 1. The highest BCUT2D eigenvalue weighted by atomic mass is 16.5. The van der Waals surface area contributed by atoms with Crippen LogP contribution in [0.2, 0.25) is 0 Å². The number of carbonyl (C=O) groups is 2. The van der Waals surface area contributed by atoms with Gasteiger partial charge < -0.3 is 14.8 Å². The number of anilines is 1. The lowest BCUT2D eigenvalue weighted by Crippen LogP contribution is -2.10. The Morgan fingerprint density at radius 1 is 1.00 bits per heavy atom. The molecule has 0 spiro atoms. The molecule has 28 heavy (non-hydrogen) atoms. The Labute approximate surface area is 166 Å². The van der Waals surface area contributed by atoms with Crippen molar-refractivity contribution >= 4 is 23.6 Å². The molecular formula is C23H27NO4. The first-order valence-electron chi connectivity index (χ1n) is 9.62. The van der Waals surface area contributed by atoms with Gasteiger partial charge in [0.25, 0.3) is 0 Å². The van der Waals surface area contributed by atoms with Gasteiger partial charge in [0.15, 0.2) is 0 Å². The third-order valence-corrected chi connectivity index (χ3v) is 3.89. The lowest BCUT2D eigenvalue weighted by molar-refractivity contribution is -0.111. The fourth-order valence-electron chi connectivity index (χ4n) is 2.43. The number of esters is 1. The quantitative estimate of drug-likeness (QED) is 0.354. The molecule has 0 aliphatic rings. The first-order chi connectivity index (χ1) is 13.6. The molecule has 0 radical (unpaired) electrons. The molecule has 5 heteroatoms. The van der Waals surface area contributed by atoms with Gasteiger partial charge in [0, 0.05) is 17.3 Å². The number of carbonyl (C=O) groups excluding carboxylic acids is 2. The van der Waals surface area contributed by atoms with E-state index in [9.17, 15) is 9.59 Å². The number of rotatable bonds is 10. The number of para-hydroxylation sites is 1. The van der Waals surface area contributed by atoms with E-state index in [0.717, 1.165) is 30.6 Å². The molecule has 0 bridgehead atoms. The van der Waals surface area contributed by atoms with Gasteiger partial charge in [0.1, 0.15) is 5.75 Å². The maximum atomic E-state index is 12.2. The van der Waals surface area contributed by atoms with E-state index in [0.29, 0.717) is 24.5 Å².